The number of alkyl halides is 3. The van der Waals surface area contributed by atoms with E-state index in [0.717, 1.165) is 0 Å². The standard InChI is InChI=1S/C16H13ClF3N3OS/c17-11-8-6-10(7-9-11)13(24)22-14(16(18,19)20)23-15(25)21-12-4-2-1-3-5-12/h1-9,14H,(H,22,24)(H2,21,23,25). The predicted molar refractivity (Wildman–Crippen MR) is 94.6 cm³/mol. The van der Waals surface area contributed by atoms with Crippen LogP contribution in [0.15, 0.2) is 54.6 Å². The van der Waals surface area contributed by atoms with E-state index in [1.165, 1.54) is 24.3 Å². The Morgan fingerprint density at radius 2 is 1.60 bits per heavy atom. The van der Waals surface area contributed by atoms with Gasteiger partial charge in [-0.15, -0.1) is 0 Å². The second-order valence-corrected chi connectivity index (χ2v) is 5.76. The third-order valence-corrected chi connectivity index (χ3v) is 3.49. The highest BCUT2D eigenvalue weighted by Crippen LogP contribution is 2.19. The van der Waals surface area contributed by atoms with Crippen molar-refractivity contribution in [1.29, 1.82) is 0 Å². The molecule has 1 atom stereocenters. The van der Waals surface area contributed by atoms with Crippen LogP contribution in [0, 0.1) is 0 Å². The van der Waals surface area contributed by atoms with E-state index in [2.05, 4.69) is 10.6 Å². The summed E-state index contributed by atoms with van der Waals surface area (Å²) in [6.45, 7) is 0. The molecule has 1 amide bonds. The molecule has 0 aliphatic carbocycles. The maximum Gasteiger partial charge on any atom is 0.427 e. The summed E-state index contributed by atoms with van der Waals surface area (Å²) in [5.74, 6) is -0.908. The van der Waals surface area contributed by atoms with Crippen molar-refractivity contribution >= 4 is 40.5 Å². The second kappa shape index (κ2) is 8.17. The molecule has 132 valence electrons. The average molecular weight is 388 g/mol. The fourth-order valence-corrected chi connectivity index (χ4v) is 2.20. The van der Waals surface area contributed by atoms with Crippen LogP contribution in [0.3, 0.4) is 0 Å². The van der Waals surface area contributed by atoms with Crippen LogP contribution in [0.5, 0.6) is 0 Å². The zero-order valence-electron chi connectivity index (χ0n) is 12.6. The molecule has 2 aromatic carbocycles. The third-order valence-electron chi connectivity index (χ3n) is 3.02. The van der Waals surface area contributed by atoms with Gasteiger partial charge in [0.25, 0.3) is 5.91 Å². The van der Waals surface area contributed by atoms with Crippen LogP contribution in [0.1, 0.15) is 10.4 Å². The Bertz CT molecular complexity index is 739. The summed E-state index contributed by atoms with van der Waals surface area (Å²) in [4.78, 5) is 12.0. The number of carbonyl (C=O) groups excluding carboxylic acids is 1. The summed E-state index contributed by atoms with van der Waals surface area (Å²) < 4.78 is 39.5. The van der Waals surface area contributed by atoms with Crippen LogP contribution in [-0.2, 0) is 0 Å². The van der Waals surface area contributed by atoms with Crippen LogP contribution >= 0.6 is 23.8 Å². The molecular weight excluding hydrogens is 375 g/mol. The maximum absolute atomic E-state index is 13.2. The monoisotopic (exact) mass is 387 g/mol. The normalized spacial score (nSPS) is 12.2. The Kier molecular flexibility index (Phi) is 6.22. The van der Waals surface area contributed by atoms with Gasteiger partial charge in [0.2, 0.25) is 0 Å². The first-order chi connectivity index (χ1) is 11.8. The minimum absolute atomic E-state index is 0.0439. The largest absolute Gasteiger partial charge is 0.427 e. The van der Waals surface area contributed by atoms with Crippen molar-refractivity contribution in [2.24, 2.45) is 0 Å². The lowest BCUT2D eigenvalue weighted by atomic mass is 10.2. The topological polar surface area (TPSA) is 53.2 Å². The fraction of sp³-hybridized carbons (Fsp3) is 0.125. The van der Waals surface area contributed by atoms with Crippen LogP contribution in [0.2, 0.25) is 5.02 Å². The van der Waals surface area contributed by atoms with Crippen molar-refractivity contribution in [3.05, 3.63) is 65.2 Å². The lowest BCUT2D eigenvalue weighted by Crippen LogP contribution is -2.57. The quantitative estimate of drug-likeness (QED) is 0.549. The lowest BCUT2D eigenvalue weighted by molar-refractivity contribution is -0.156. The van der Waals surface area contributed by atoms with Gasteiger partial charge in [-0.25, -0.2) is 0 Å². The molecule has 0 saturated carbocycles. The smallest absolute Gasteiger partial charge is 0.335 e. The summed E-state index contributed by atoms with van der Waals surface area (Å²) in [6, 6.07) is 13.9. The molecule has 2 rings (SSSR count). The number of hydrogen-bond acceptors (Lipinski definition) is 2. The van der Waals surface area contributed by atoms with Gasteiger partial charge < -0.3 is 16.0 Å². The number of amides is 1. The summed E-state index contributed by atoms with van der Waals surface area (Å²) in [5, 5.41) is 6.63. The number of halogens is 4. The number of para-hydroxylation sites is 1. The van der Waals surface area contributed by atoms with Gasteiger partial charge in [-0.05, 0) is 48.6 Å². The van der Waals surface area contributed by atoms with E-state index in [-0.39, 0.29) is 10.7 Å². The number of carbonyl (C=O) groups is 1. The molecule has 0 saturated heterocycles. The first-order valence-corrected chi connectivity index (χ1v) is 7.80. The molecular formula is C16H13ClF3N3OS. The number of rotatable bonds is 4. The Balaban J connectivity index is 2.04. The summed E-state index contributed by atoms with van der Waals surface area (Å²) in [5.41, 5.74) is 0.562. The van der Waals surface area contributed by atoms with E-state index >= 15 is 0 Å². The Morgan fingerprint density at radius 1 is 1.00 bits per heavy atom. The zero-order valence-corrected chi connectivity index (χ0v) is 14.2. The molecule has 1 unspecified atom stereocenters. The van der Waals surface area contributed by atoms with Crippen molar-refractivity contribution in [2.75, 3.05) is 5.32 Å². The molecule has 0 aliphatic heterocycles. The Morgan fingerprint density at radius 3 is 2.16 bits per heavy atom. The highest BCUT2D eigenvalue weighted by Gasteiger charge is 2.41. The van der Waals surface area contributed by atoms with E-state index in [1.807, 2.05) is 5.32 Å². The minimum atomic E-state index is -4.75. The van der Waals surface area contributed by atoms with Crippen molar-refractivity contribution in [3.63, 3.8) is 0 Å². The van der Waals surface area contributed by atoms with Gasteiger partial charge in [-0.1, -0.05) is 29.8 Å². The SMILES string of the molecule is O=C(NC(NC(=S)Nc1ccccc1)C(F)(F)F)c1ccc(Cl)cc1. The second-order valence-electron chi connectivity index (χ2n) is 4.92. The van der Waals surface area contributed by atoms with Crippen molar-refractivity contribution in [1.82, 2.24) is 10.6 Å². The number of thiocarbonyl (C=S) groups is 1. The summed E-state index contributed by atoms with van der Waals surface area (Å²) in [6.07, 6.45) is -7.09. The maximum atomic E-state index is 13.2. The molecule has 0 heterocycles. The number of hydrogen-bond donors (Lipinski definition) is 3. The number of anilines is 1. The van der Waals surface area contributed by atoms with Crippen LogP contribution in [0.25, 0.3) is 0 Å². The van der Waals surface area contributed by atoms with Crippen molar-refractivity contribution < 1.29 is 18.0 Å². The summed E-state index contributed by atoms with van der Waals surface area (Å²) in [7, 11) is 0. The highest BCUT2D eigenvalue weighted by molar-refractivity contribution is 7.80. The molecule has 3 N–H and O–H groups in total. The molecule has 0 aliphatic rings. The van der Waals surface area contributed by atoms with Crippen LogP contribution in [-0.4, -0.2) is 23.4 Å². The van der Waals surface area contributed by atoms with E-state index in [9.17, 15) is 18.0 Å². The van der Waals surface area contributed by atoms with E-state index in [1.54, 1.807) is 30.3 Å². The number of nitrogens with one attached hydrogen (secondary N) is 3. The number of benzene rings is 2. The van der Waals surface area contributed by atoms with Crippen LogP contribution < -0.4 is 16.0 Å². The highest BCUT2D eigenvalue weighted by atomic mass is 35.5. The van der Waals surface area contributed by atoms with E-state index in [0.29, 0.717) is 10.7 Å². The molecule has 0 spiro atoms. The first-order valence-electron chi connectivity index (χ1n) is 7.01. The molecule has 25 heavy (non-hydrogen) atoms. The summed E-state index contributed by atoms with van der Waals surface area (Å²) >= 11 is 10.6. The van der Waals surface area contributed by atoms with Gasteiger partial charge in [-0.3, -0.25) is 4.79 Å². The molecule has 9 heteroatoms. The van der Waals surface area contributed by atoms with Gasteiger partial charge in [0, 0.05) is 16.3 Å². The zero-order chi connectivity index (χ0) is 18.4. The fourth-order valence-electron chi connectivity index (χ4n) is 1.84. The van der Waals surface area contributed by atoms with Crippen LogP contribution in [0.4, 0.5) is 18.9 Å². The van der Waals surface area contributed by atoms with Gasteiger partial charge in [0.15, 0.2) is 11.3 Å². The molecule has 0 fully saturated rings. The molecule has 0 radical (unpaired) electrons. The van der Waals surface area contributed by atoms with Gasteiger partial charge >= 0.3 is 6.18 Å². The predicted octanol–water partition coefficient (Wildman–Crippen LogP) is 3.94. The minimum Gasteiger partial charge on any atom is -0.335 e. The van der Waals surface area contributed by atoms with Gasteiger partial charge in [0.05, 0.1) is 0 Å². The van der Waals surface area contributed by atoms with Crippen molar-refractivity contribution in [2.45, 2.75) is 12.3 Å². The lowest BCUT2D eigenvalue weighted by Gasteiger charge is -2.24. The molecule has 4 nitrogen and oxygen atoms in total. The van der Waals surface area contributed by atoms with Gasteiger partial charge in [-0.2, -0.15) is 13.2 Å². The first kappa shape index (κ1) is 19.0. The Labute approximate surface area is 152 Å². The third kappa shape index (κ3) is 5.91. The molecule has 0 aromatic heterocycles. The van der Waals surface area contributed by atoms with Crippen molar-refractivity contribution in [3.8, 4) is 0 Å². The van der Waals surface area contributed by atoms with E-state index < -0.39 is 18.2 Å². The Hall–Kier alpha value is -2.32. The average Bonchev–Trinajstić information content (AvgIpc) is 2.54. The molecule has 2 aromatic rings. The molecule has 0 bridgehead atoms. The van der Waals surface area contributed by atoms with E-state index in [4.69, 9.17) is 23.8 Å². The van der Waals surface area contributed by atoms with Gasteiger partial charge in [0.1, 0.15) is 0 Å².